The summed E-state index contributed by atoms with van der Waals surface area (Å²) in [6.45, 7) is 3.88. The summed E-state index contributed by atoms with van der Waals surface area (Å²) in [7, 11) is 2.83. The first-order chi connectivity index (χ1) is 21.6. The van der Waals surface area contributed by atoms with E-state index in [0.29, 0.717) is 41.8 Å². The Kier molecular flexibility index (Phi) is 13.8. The van der Waals surface area contributed by atoms with Crippen molar-refractivity contribution in [3.63, 3.8) is 0 Å². The van der Waals surface area contributed by atoms with Gasteiger partial charge in [-0.2, -0.15) is 0 Å². The number of halogens is 1. The fraction of sp³-hybridized carbons (Fsp3) is 0.533. The van der Waals surface area contributed by atoms with Crippen molar-refractivity contribution in [3.05, 3.63) is 85.8 Å². The fourth-order valence-electron chi connectivity index (χ4n) is 4.72. The van der Waals surface area contributed by atoms with Crippen LogP contribution in [0.4, 0.5) is 0 Å². The Morgan fingerprint density at radius 1 is 0.804 bits per heavy atom. The van der Waals surface area contributed by atoms with Gasteiger partial charge in [0.05, 0.1) is 0 Å². The first-order valence-corrected chi connectivity index (χ1v) is 15.8. The number of alkyl halides is 1. The van der Waals surface area contributed by atoms with Crippen LogP contribution in [-0.4, -0.2) is 38.2 Å². The summed E-state index contributed by atoms with van der Waals surface area (Å²) in [5.41, 5.74) is -2.25. The van der Waals surface area contributed by atoms with Gasteiger partial charge in [0.2, 0.25) is 11.4 Å². The molecular formula is C30H38BrN4NaO10. The van der Waals surface area contributed by atoms with Crippen LogP contribution in [0.2, 0.25) is 0 Å². The van der Waals surface area contributed by atoms with Crippen LogP contribution in [-0.2, 0) is 42.3 Å². The predicted octanol–water partition coefficient (Wildman–Crippen LogP) is -0.590. The Balaban J connectivity index is 0.000000277. The first-order valence-electron chi connectivity index (χ1n) is 14.7. The van der Waals surface area contributed by atoms with Gasteiger partial charge in [-0.15, -0.1) is 0 Å². The number of nitrogens with one attached hydrogen (secondary N) is 1. The van der Waals surface area contributed by atoms with Crippen molar-refractivity contribution in [1.29, 1.82) is 0 Å². The molecule has 2 aliphatic rings. The smallest absolute Gasteiger partial charge is 1.00 e. The quantitative estimate of drug-likeness (QED) is 0.174. The van der Waals surface area contributed by atoms with E-state index in [4.69, 9.17) is 18.3 Å². The van der Waals surface area contributed by atoms with E-state index < -0.39 is 28.2 Å². The molecule has 246 valence electrons. The topological polar surface area (TPSA) is 178 Å². The van der Waals surface area contributed by atoms with E-state index in [9.17, 15) is 28.8 Å². The first kappa shape index (κ1) is 37.6. The van der Waals surface area contributed by atoms with Crippen molar-refractivity contribution in [2.24, 2.45) is 11.8 Å². The molecule has 0 aromatic carbocycles. The van der Waals surface area contributed by atoms with Gasteiger partial charge in [0, 0.05) is 38.2 Å². The molecule has 1 N–H and O–H groups in total. The van der Waals surface area contributed by atoms with Crippen LogP contribution in [0.1, 0.15) is 52.1 Å². The van der Waals surface area contributed by atoms with Crippen LogP contribution >= 0.6 is 15.9 Å². The second-order valence-corrected chi connectivity index (χ2v) is 11.6. The van der Waals surface area contributed by atoms with E-state index in [-0.39, 0.29) is 66.8 Å². The number of aromatic nitrogens is 4. The summed E-state index contributed by atoms with van der Waals surface area (Å²) in [4.78, 5) is 73.9. The fourth-order valence-corrected chi connectivity index (χ4v) is 5.37. The van der Waals surface area contributed by atoms with Gasteiger partial charge in [0.15, 0.2) is 0 Å². The van der Waals surface area contributed by atoms with Crippen molar-refractivity contribution < 1.29 is 49.3 Å². The summed E-state index contributed by atoms with van der Waals surface area (Å²) >= 11 is 3.38. The number of methoxy groups -OCH3 is 2. The molecule has 46 heavy (non-hydrogen) atoms. The average molecular weight is 718 g/mol. The molecule has 6 rings (SSSR count). The molecule has 0 spiro atoms. The molecule has 4 aromatic rings. The van der Waals surface area contributed by atoms with E-state index >= 15 is 0 Å². The van der Waals surface area contributed by atoms with Crippen LogP contribution in [0.25, 0.3) is 22.2 Å². The molecule has 2 aliphatic carbocycles. The van der Waals surface area contributed by atoms with Crippen molar-refractivity contribution in [3.8, 4) is 0 Å². The van der Waals surface area contributed by atoms with Gasteiger partial charge in [-0.3, -0.25) is 19.1 Å². The van der Waals surface area contributed by atoms with Gasteiger partial charge in [0.25, 0.3) is 11.1 Å². The molecule has 0 bridgehead atoms. The van der Waals surface area contributed by atoms with Crippen LogP contribution < -0.4 is 63.3 Å². The molecule has 16 heteroatoms. The maximum absolute atomic E-state index is 12.7. The number of aryl methyl sites for hydroxylation is 2. The Morgan fingerprint density at radius 3 is 1.76 bits per heavy atom. The molecule has 14 nitrogen and oxygen atoms in total. The van der Waals surface area contributed by atoms with Crippen molar-refractivity contribution in [2.45, 2.75) is 72.4 Å². The number of nitrogens with zero attached hydrogens (tertiary/aromatic N) is 3. The second kappa shape index (κ2) is 16.8. The zero-order valence-corrected chi connectivity index (χ0v) is 30.3. The number of ether oxygens (including phenoxy) is 2. The Labute approximate surface area is 294 Å². The molecule has 4 aromatic heterocycles. The molecule has 2 fully saturated rings. The molecule has 0 radical (unpaired) electrons. The number of hydrogen-bond donors (Lipinski definition) is 1. The largest absolute Gasteiger partial charge is 1.00 e. The molecule has 0 amide bonds. The van der Waals surface area contributed by atoms with E-state index in [0.717, 1.165) is 23.3 Å². The second-order valence-electron chi connectivity index (χ2n) is 10.9. The van der Waals surface area contributed by atoms with Crippen LogP contribution in [0, 0.1) is 11.8 Å². The Morgan fingerprint density at radius 2 is 1.30 bits per heavy atom. The van der Waals surface area contributed by atoms with Gasteiger partial charge in [-0.05, 0) is 61.5 Å². The minimum Gasteiger partial charge on any atom is -1.00 e. The Bertz CT molecular complexity index is 2040. The number of rotatable bonds is 9. The number of H-pyrrole nitrogens is 1. The number of aromatic amines is 1. The van der Waals surface area contributed by atoms with Gasteiger partial charge in [-0.1, -0.05) is 29.8 Å². The monoisotopic (exact) mass is 716 g/mol. The molecular weight excluding hydrogens is 679 g/mol. The summed E-state index contributed by atoms with van der Waals surface area (Å²) in [5.74, 6) is 1.43. The molecule has 2 saturated carbocycles. The van der Waals surface area contributed by atoms with Crippen molar-refractivity contribution in [1.82, 2.24) is 18.7 Å². The van der Waals surface area contributed by atoms with Gasteiger partial charge in [-0.25, -0.2) is 28.3 Å². The van der Waals surface area contributed by atoms with Crippen LogP contribution in [0.3, 0.4) is 0 Å². The predicted molar refractivity (Wildman–Crippen MR) is 171 cm³/mol. The molecule has 0 atom stereocenters. The third kappa shape index (κ3) is 8.75. The maximum Gasteiger partial charge on any atom is 1.00 e. The minimum absolute atomic E-state index is 0. The summed E-state index contributed by atoms with van der Waals surface area (Å²) in [6, 6.07) is 2.56. The number of fused-ring (bicyclic) bond motifs is 2. The summed E-state index contributed by atoms with van der Waals surface area (Å²) < 4.78 is 23.5. The SMILES string of the molecule is BrCC1CC1.CCc1cc(=O)oc2c1c(=O)[nH]c(=O)n2COC.CCc1cc(=O)oc2c1c(=O)n(CC1CC1)c(=O)n2COC.[H-].[Na+]. The number of hydrogen-bond acceptors (Lipinski definition) is 10. The molecule has 0 aliphatic heterocycles. The van der Waals surface area contributed by atoms with E-state index in [1.165, 1.54) is 53.7 Å². The maximum atomic E-state index is 12.7. The summed E-state index contributed by atoms with van der Waals surface area (Å²) in [5, 5.41) is 1.72. The summed E-state index contributed by atoms with van der Waals surface area (Å²) in [6.07, 6.45) is 5.97. The van der Waals surface area contributed by atoms with Crippen LogP contribution in [0.15, 0.2) is 49.7 Å². The van der Waals surface area contributed by atoms with Gasteiger partial charge >= 0.3 is 52.2 Å². The van der Waals surface area contributed by atoms with Crippen molar-refractivity contribution in [2.75, 3.05) is 19.5 Å². The van der Waals surface area contributed by atoms with Gasteiger partial charge in [0.1, 0.15) is 24.2 Å². The Hall–Kier alpha value is -2.82. The van der Waals surface area contributed by atoms with Crippen molar-refractivity contribution >= 4 is 38.1 Å². The minimum atomic E-state index is -0.675. The zero-order chi connectivity index (χ0) is 32.8. The van der Waals surface area contributed by atoms with E-state index in [1.54, 1.807) is 6.92 Å². The third-order valence-corrected chi connectivity index (χ3v) is 8.40. The van der Waals surface area contributed by atoms with Crippen LogP contribution in [0.5, 0.6) is 0 Å². The molecule has 0 saturated heterocycles. The standard InChI is InChI=1S/C15H18N2O5.C11H12N2O5.C4H7Br.Na.H/c1-3-10-6-11(18)22-14-12(10)13(19)16(7-9-4-5-9)15(20)17(14)8-21-2;1-3-6-4-7(14)18-10-8(6)9(15)12-11(16)13(10)5-17-2;5-3-4-1-2-4;;/h6,9H,3-5,7-8H2,1-2H3;4H,3,5H2,1-2H3,(H,12,15,16);4H,1-3H2;;/q;;;+1;-1. The third-order valence-electron chi connectivity index (χ3n) is 7.48. The zero-order valence-electron chi connectivity index (χ0n) is 27.7. The van der Waals surface area contributed by atoms with Gasteiger partial charge < -0.3 is 19.7 Å². The normalized spacial score (nSPS) is 13.8. The molecule has 0 unspecified atom stereocenters. The van der Waals surface area contributed by atoms with E-state index in [2.05, 4.69) is 20.9 Å². The van der Waals surface area contributed by atoms with E-state index in [1.807, 2.05) is 6.92 Å². The molecule has 4 heterocycles. The average Bonchev–Trinajstić information content (AvgIpc) is 3.94.